The van der Waals surface area contributed by atoms with Crippen LogP contribution < -0.4 is 5.32 Å². The second kappa shape index (κ2) is 5.57. The molecule has 1 aromatic carbocycles. The van der Waals surface area contributed by atoms with Gasteiger partial charge in [0.25, 0.3) is 0 Å². The highest BCUT2D eigenvalue weighted by molar-refractivity contribution is 9.10. The molecule has 21 heavy (non-hydrogen) atoms. The Bertz CT molecular complexity index is 814. The molecule has 0 saturated heterocycles. The van der Waals surface area contributed by atoms with Crippen LogP contribution in [0, 0.1) is 0 Å². The van der Waals surface area contributed by atoms with E-state index in [1.165, 1.54) is 0 Å². The summed E-state index contributed by atoms with van der Waals surface area (Å²) in [5.74, 6) is -0.933. The molecule has 0 radical (unpaired) electrons. The minimum absolute atomic E-state index is 0.265. The minimum Gasteiger partial charge on any atom is -0.478 e. The van der Waals surface area contributed by atoms with Crippen LogP contribution in [-0.2, 0) is 6.54 Å². The molecule has 0 amide bonds. The number of aromatic carboxylic acids is 1. The first-order valence-corrected chi connectivity index (χ1v) is 7.11. The maximum atomic E-state index is 11.0. The first-order valence-electron chi connectivity index (χ1n) is 6.32. The predicted octanol–water partition coefficient (Wildman–Crippen LogP) is 3.41. The first kappa shape index (κ1) is 13.6. The molecule has 2 aromatic heterocycles. The fourth-order valence-corrected chi connectivity index (χ4v) is 2.43. The summed E-state index contributed by atoms with van der Waals surface area (Å²) in [4.78, 5) is 15.3. The Morgan fingerprint density at radius 3 is 3.00 bits per heavy atom. The summed E-state index contributed by atoms with van der Waals surface area (Å²) in [5.41, 5.74) is 2.89. The highest BCUT2D eigenvalue weighted by atomic mass is 79.9. The molecule has 3 aromatic rings. The van der Waals surface area contributed by atoms with Gasteiger partial charge < -0.3 is 14.8 Å². The molecule has 0 aliphatic heterocycles. The number of carboxylic acids is 1. The third-order valence-electron chi connectivity index (χ3n) is 3.13. The Morgan fingerprint density at radius 2 is 2.19 bits per heavy atom. The van der Waals surface area contributed by atoms with E-state index < -0.39 is 5.97 Å². The van der Waals surface area contributed by atoms with E-state index in [0.717, 1.165) is 21.5 Å². The van der Waals surface area contributed by atoms with Crippen molar-refractivity contribution in [3.8, 4) is 0 Å². The molecule has 0 fully saturated rings. The van der Waals surface area contributed by atoms with Gasteiger partial charge in [-0.15, -0.1) is 0 Å². The van der Waals surface area contributed by atoms with E-state index in [0.29, 0.717) is 6.54 Å². The van der Waals surface area contributed by atoms with Crippen LogP contribution in [-0.4, -0.2) is 20.5 Å². The molecule has 5 nitrogen and oxygen atoms in total. The van der Waals surface area contributed by atoms with E-state index >= 15 is 0 Å². The fraction of sp³-hybridized carbons (Fsp3) is 0.0667. The average molecular weight is 346 g/mol. The number of carboxylic acid groups (broad SMARTS) is 1. The number of nitrogens with zero attached hydrogens (tertiary/aromatic N) is 2. The zero-order valence-corrected chi connectivity index (χ0v) is 12.5. The van der Waals surface area contributed by atoms with E-state index in [1.807, 2.05) is 28.8 Å². The lowest BCUT2D eigenvalue weighted by Gasteiger charge is -2.07. The zero-order chi connectivity index (χ0) is 14.8. The van der Waals surface area contributed by atoms with Crippen molar-refractivity contribution >= 4 is 33.2 Å². The van der Waals surface area contributed by atoms with Gasteiger partial charge in [0.15, 0.2) is 0 Å². The third-order valence-corrected chi connectivity index (χ3v) is 3.60. The van der Waals surface area contributed by atoms with Crippen LogP contribution in [0.4, 0.5) is 5.69 Å². The molecule has 2 heterocycles. The monoisotopic (exact) mass is 345 g/mol. The molecular formula is C15H12BrN3O2. The van der Waals surface area contributed by atoms with E-state index in [4.69, 9.17) is 5.11 Å². The highest BCUT2D eigenvalue weighted by Gasteiger charge is 2.05. The van der Waals surface area contributed by atoms with E-state index in [9.17, 15) is 4.79 Å². The van der Waals surface area contributed by atoms with E-state index in [1.54, 1.807) is 24.4 Å². The van der Waals surface area contributed by atoms with Crippen LogP contribution in [0.3, 0.4) is 0 Å². The molecular weight excluding hydrogens is 334 g/mol. The number of carbonyl (C=O) groups is 1. The van der Waals surface area contributed by atoms with Crippen molar-refractivity contribution in [2.75, 3.05) is 5.32 Å². The molecule has 6 heteroatoms. The number of rotatable bonds is 4. The van der Waals surface area contributed by atoms with Crippen LogP contribution in [0.2, 0.25) is 0 Å². The lowest BCUT2D eigenvalue weighted by atomic mass is 10.2. The minimum atomic E-state index is -0.933. The van der Waals surface area contributed by atoms with Crippen LogP contribution >= 0.6 is 15.9 Å². The zero-order valence-electron chi connectivity index (χ0n) is 11.0. The standard InChI is InChI=1S/C15H12BrN3O2/c16-11-4-5-14-18-8-13(19(14)9-11)7-17-12-3-1-2-10(6-12)15(20)21/h1-6,8-9,17H,7H2,(H,20,21). The largest absolute Gasteiger partial charge is 0.478 e. The topological polar surface area (TPSA) is 66.6 Å². The summed E-state index contributed by atoms with van der Waals surface area (Å²) >= 11 is 3.44. The van der Waals surface area contributed by atoms with Gasteiger partial charge >= 0.3 is 5.97 Å². The normalized spacial score (nSPS) is 10.7. The van der Waals surface area contributed by atoms with Crippen molar-refractivity contribution in [2.24, 2.45) is 0 Å². The molecule has 0 aliphatic rings. The summed E-state index contributed by atoms with van der Waals surface area (Å²) in [6, 6.07) is 10.6. The van der Waals surface area contributed by atoms with Crippen molar-refractivity contribution in [3.05, 3.63) is 64.5 Å². The smallest absolute Gasteiger partial charge is 0.335 e. The Hall–Kier alpha value is -2.34. The van der Waals surface area contributed by atoms with Crippen LogP contribution in [0.25, 0.3) is 5.65 Å². The van der Waals surface area contributed by atoms with Crippen LogP contribution in [0.15, 0.2) is 53.3 Å². The third kappa shape index (κ3) is 2.90. The molecule has 2 N–H and O–H groups in total. The Balaban J connectivity index is 1.82. The number of hydrogen-bond donors (Lipinski definition) is 2. The van der Waals surface area contributed by atoms with Crippen molar-refractivity contribution in [3.63, 3.8) is 0 Å². The number of imidazole rings is 1. The van der Waals surface area contributed by atoms with Gasteiger partial charge in [0.1, 0.15) is 5.65 Å². The van der Waals surface area contributed by atoms with Gasteiger partial charge in [-0.05, 0) is 46.3 Å². The number of fused-ring (bicyclic) bond motifs is 1. The Labute approximate surface area is 129 Å². The van der Waals surface area contributed by atoms with Crippen molar-refractivity contribution < 1.29 is 9.90 Å². The number of anilines is 1. The number of benzene rings is 1. The van der Waals surface area contributed by atoms with Crippen molar-refractivity contribution in [1.82, 2.24) is 9.38 Å². The molecule has 0 atom stereocenters. The highest BCUT2D eigenvalue weighted by Crippen LogP contribution is 2.16. The van der Waals surface area contributed by atoms with Crippen molar-refractivity contribution in [2.45, 2.75) is 6.54 Å². The average Bonchev–Trinajstić information content (AvgIpc) is 2.87. The maximum Gasteiger partial charge on any atom is 0.335 e. The second-order valence-electron chi connectivity index (χ2n) is 4.56. The Kier molecular flexibility index (Phi) is 3.62. The van der Waals surface area contributed by atoms with Gasteiger partial charge in [0, 0.05) is 16.4 Å². The van der Waals surface area contributed by atoms with Gasteiger partial charge in [-0.25, -0.2) is 9.78 Å². The van der Waals surface area contributed by atoms with E-state index in [2.05, 4.69) is 26.2 Å². The molecule has 106 valence electrons. The number of halogens is 1. The van der Waals surface area contributed by atoms with Crippen LogP contribution in [0.1, 0.15) is 16.1 Å². The van der Waals surface area contributed by atoms with Gasteiger partial charge in [-0.3, -0.25) is 0 Å². The fourth-order valence-electron chi connectivity index (χ4n) is 2.09. The van der Waals surface area contributed by atoms with Crippen LogP contribution in [0.5, 0.6) is 0 Å². The molecule has 0 aliphatic carbocycles. The molecule has 0 saturated carbocycles. The van der Waals surface area contributed by atoms with Gasteiger partial charge in [-0.2, -0.15) is 0 Å². The maximum absolute atomic E-state index is 11.0. The SMILES string of the molecule is O=C(O)c1cccc(NCc2cnc3ccc(Br)cn23)c1. The van der Waals surface area contributed by atoms with Crippen molar-refractivity contribution in [1.29, 1.82) is 0 Å². The van der Waals surface area contributed by atoms with E-state index in [-0.39, 0.29) is 5.56 Å². The lowest BCUT2D eigenvalue weighted by molar-refractivity contribution is 0.0697. The Morgan fingerprint density at radius 1 is 1.33 bits per heavy atom. The summed E-state index contributed by atoms with van der Waals surface area (Å²) < 4.78 is 2.96. The number of pyridine rings is 1. The molecule has 0 bridgehead atoms. The van der Waals surface area contributed by atoms with Gasteiger partial charge in [-0.1, -0.05) is 6.07 Å². The summed E-state index contributed by atoms with van der Waals surface area (Å²) in [7, 11) is 0. The predicted molar refractivity (Wildman–Crippen MR) is 83.6 cm³/mol. The summed E-state index contributed by atoms with van der Waals surface area (Å²) in [5, 5.41) is 12.2. The summed E-state index contributed by atoms with van der Waals surface area (Å²) in [6.45, 7) is 0.556. The van der Waals surface area contributed by atoms with Gasteiger partial charge in [0.05, 0.1) is 24.0 Å². The quantitative estimate of drug-likeness (QED) is 0.760. The molecule has 0 unspecified atom stereocenters. The lowest BCUT2D eigenvalue weighted by Crippen LogP contribution is -2.04. The first-order chi connectivity index (χ1) is 10.1. The number of hydrogen-bond acceptors (Lipinski definition) is 3. The second-order valence-corrected chi connectivity index (χ2v) is 5.48. The number of nitrogens with one attached hydrogen (secondary N) is 1. The number of aromatic nitrogens is 2. The molecule has 0 spiro atoms. The van der Waals surface area contributed by atoms with Gasteiger partial charge in [0.2, 0.25) is 0 Å². The molecule has 3 rings (SSSR count). The summed E-state index contributed by atoms with van der Waals surface area (Å²) in [6.07, 6.45) is 3.75.